The molecule has 1 radical (unpaired) electrons. The summed E-state index contributed by atoms with van der Waals surface area (Å²) < 4.78 is 29.6. The Kier molecular flexibility index (Phi) is 7.05. The molecule has 0 N–H and O–H groups in total. The topological polar surface area (TPSA) is 44.8 Å². The Morgan fingerprint density at radius 1 is 0.500 bits per heavy atom. The summed E-state index contributed by atoms with van der Waals surface area (Å²) in [5.41, 5.74) is 0. The van der Waals surface area contributed by atoms with E-state index in [1.54, 1.807) is 72.8 Å². The van der Waals surface area contributed by atoms with Gasteiger partial charge >= 0.3 is 7.82 Å². The third-order valence-corrected chi connectivity index (χ3v) is 4.18. The van der Waals surface area contributed by atoms with E-state index in [0.717, 1.165) is 0 Å². The fourth-order valence-electron chi connectivity index (χ4n) is 1.89. The summed E-state index contributed by atoms with van der Waals surface area (Å²) >= 11 is 0. The van der Waals surface area contributed by atoms with Crippen LogP contribution in [0.4, 0.5) is 0 Å². The minimum Gasteiger partial charge on any atom is -0.386 e. The van der Waals surface area contributed by atoms with Crippen molar-refractivity contribution in [1.29, 1.82) is 0 Å². The summed E-state index contributed by atoms with van der Waals surface area (Å²) in [6.45, 7) is 0. The van der Waals surface area contributed by atoms with Crippen molar-refractivity contribution in [2.24, 2.45) is 0 Å². The number of para-hydroxylation sites is 3. The van der Waals surface area contributed by atoms with Gasteiger partial charge in [0.25, 0.3) is 0 Å². The molecular formula is C18H15O4PY. The van der Waals surface area contributed by atoms with Crippen LogP contribution in [0.15, 0.2) is 91.0 Å². The van der Waals surface area contributed by atoms with Gasteiger partial charge in [-0.15, -0.1) is 0 Å². The molecule has 0 heterocycles. The number of rotatable bonds is 6. The Morgan fingerprint density at radius 2 is 0.750 bits per heavy atom. The number of benzene rings is 3. The van der Waals surface area contributed by atoms with Crippen LogP contribution in [0, 0.1) is 0 Å². The Hall–Kier alpha value is -1.61. The second-order valence-electron chi connectivity index (χ2n) is 4.66. The molecule has 0 aliphatic heterocycles. The monoisotopic (exact) mass is 415 g/mol. The smallest absolute Gasteiger partial charge is 0.386 e. The number of phosphoric acid groups is 1. The van der Waals surface area contributed by atoms with Gasteiger partial charge in [0, 0.05) is 32.7 Å². The molecule has 0 spiro atoms. The Bertz CT molecular complexity index is 674. The molecule has 0 aliphatic rings. The fourth-order valence-corrected chi connectivity index (χ4v) is 3.14. The molecular weight excluding hydrogens is 400 g/mol. The molecule has 0 aliphatic carbocycles. The van der Waals surface area contributed by atoms with E-state index >= 15 is 0 Å². The first-order chi connectivity index (χ1) is 11.2. The normalized spacial score (nSPS) is 10.3. The Morgan fingerprint density at radius 3 is 1.00 bits per heavy atom. The van der Waals surface area contributed by atoms with Crippen LogP contribution in [0.5, 0.6) is 17.2 Å². The molecule has 0 atom stereocenters. The van der Waals surface area contributed by atoms with Crippen molar-refractivity contribution in [3.8, 4) is 17.2 Å². The van der Waals surface area contributed by atoms with Gasteiger partial charge in [-0.3, -0.25) is 0 Å². The van der Waals surface area contributed by atoms with Crippen LogP contribution in [0.2, 0.25) is 0 Å². The molecule has 0 unspecified atom stereocenters. The Labute approximate surface area is 166 Å². The van der Waals surface area contributed by atoms with E-state index < -0.39 is 7.82 Å². The van der Waals surface area contributed by atoms with Crippen molar-refractivity contribution in [2.75, 3.05) is 0 Å². The van der Waals surface area contributed by atoms with Gasteiger partial charge in [0.2, 0.25) is 0 Å². The second kappa shape index (κ2) is 9.03. The first-order valence-electron chi connectivity index (χ1n) is 7.07. The van der Waals surface area contributed by atoms with Crippen LogP contribution in [0.3, 0.4) is 0 Å². The van der Waals surface area contributed by atoms with Gasteiger partial charge < -0.3 is 13.6 Å². The van der Waals surface area contributed by atoms with Crippen molar-refractivity contribution >= 4 is 7.82 Å². The number of hydrogen-bond donors (Lipinski definition) is 0. The van der Waals surface area contributed by atoms with E-state index in [1.165, 1.54) is 0 Å². The summed E-state index contributed by atoms with van der Waals surface area (Å²) in [6, 6.07) is 26.4. The zero-order valence-corrected chi connectivity index (χ0v) is 16.6. The zero-order valence-electron chi connectivity index (χ0n) is 12.8. The molecule has 119 valence electrons. The van der Waals surface area contributed by atoms with Crippen LogP contribution in [0.1, 0.15) is 0 Å². The van der Waals surface area contributed by atoms with Gasteiger partial charge in [-0.25, -0.2) is 0 Å². The predicted octanol–water partition coefficient (Wildman–Crippen LogP) is 5.33. The summed E-state index contributed by atoms with van der Waals surface area (Å²) in [5, 5.41) is 0. The minimum absolute atomic E-state index is 0. The van der Waals surface area contributed by atoms with Crippen molar-refractivity contribution < 1.29 is 50.8 Å². The largest absolute Gasteiger partial charge is 0.647 e. The average molecular weight is 415 g/mol. The van der Waals surface area contributed by atoms with Gasteiger partial charge in [-0.05, 0) is 36.4 Å². The van der Waals surface area contributed by atoms with Crippen molar-refractivity contribution in [1.82, 2.24) is 0 Å². The second-order valence-corrected chi connectivity index (χ2v) is 6.10. The third kappa shape index (κ3) is 5.49. The molecule has 0 fully saturated rings. The predicted molar refractivity (Wildman–Crippen MR) is 88.8 cm³/mol. The molecule has 6 heteroatoms. The average Bonchev–Trinajstić information content (AvgIpc) is 2.57. The maximum atomic E-state index is 13.1. The van der Waals surface area contributed by atoms with Gasteiger partial charge in [0.1, 0.15) is 17.2 Å². The van der Waals surface area contributed by atoms with E-state index in [9.17, 15) is 4.57 Å². The summed E-state index contributed by atoms with van der Waals surface area (Å²) in [5.74, 6) is 1.22. The molecule has 3 aromatic carbocycles. The summed E-state index contributed by atoms with van der Waals surface area (Å²) in [7, 11) is -3.89. The molecule has 3 rings (SSSR count). The van der Waals surface area contributed by atoms with Crippen LogP contribution < -0.4 is 13.6 Å². The van der Waals surface area contributed by atoms with Crippen LogP contribution in [-0.2, 0) is 37.3 Å². The first-order valence-corrected chi connectivity index (χ1v) is 8.54. The SMILES string of the molecule is O=P(Oc1ccccc1)(Oc1ccccc1)Oc1ccccc1.[Y]. The van der Waals surface area contributed by atoms with Crippen molar-refractivity contribution in [2.45, 2.75) is 0 Å². The molecule has 24 heavy (non-hydrogen) atoms. The molecule has 3 aromatic rings. The summed E-state index contributed by atoms with van der Waals surface area (Å²) in [6.07, 6.45) is 0. The first kappa shape index (κ1) is 18.7. The van der Waals surface area contributed by atoms with E-state index in [4.69, 9.17) is 13.6 Å². The number of hydrogen-bond acceptors (Lipinski definition) is 4. The molecule has 0 bridgehead atoms. The molecule has 4 nitrogen and oxygen atoms in total. The van der Waals surface area contributed by atoms with E-state index in [-0.39, 0.29) is 32.7 Å². The molecule has 0 aromatic heterocycles. The quantitative estimate of drug-likeness (QED) is 0.511. The van der Waals surface area contributed by atoms with Gasteiger partial charge in [-0.1, -0.05) is 54.6 Å². The van der Waals surface area contributed by atoms with E-state index in [2.05, 4.69) is 0 Å². The van der Waals surface area contributed by atoms with Crippen molar-refractivity contribution in [3.63, 3.8) is 0 Å². The van der Waals surface area contributed by atoms with Gasteiger partial charge in [-0.2, -0.15) is 4.57 Å². The fraction of sp³-hybridized carbons (Fsp3) is 0. The van der Waals surface area contributed by atoms with Gasteiger partial charge in [0.15, 0.2) is 0 Å². The molecule has 0 saturated heterocycles. The van der Waals surface area contributed by atoms with Crippen LogP contribution >= 0.6 is 7.82 Å². The van der Waals surface area contributed by atoms with Crippen molar-refractivity contribution in [3.05, 3.63) is 91.0 Å². The third-order valence-electron chi connectivity index (χ3n) is 2.88. The van der Waals surface area contributed by atoms with Crippen LogP contribution in [-0.4, -0.2) is 0 Å². The maximum absolute atomic E-state index is 13.1. The van der Waals surface area contributed by atoms with Gasteiger partial charge in [0.05, 0.1) is 0 Å². The Balaban J connectivity index is 0.00000208. The molecule has 0 amide bonds. The number of phosphoric ester groups is 1. The standard InChI is InChI=1S/C18H15O4P.Y/c19-23(20-16-10-4-1-5-11-16,21-17-12-6-2-7-13-17)22-18-14-8-3-9-15-18;/h1-15H;. The van der Waals surface area contributed by atoms with E-state index in [0.29, 0.717) is 17.2 Å². The maximum Gasteiger partial charge on any atom is 0.647 e. The van der Waals surface area contributed by atoms with E-state index in [1.807, 2.05) is 18.2 Å². The minimum atomic E-state index is -3.89. The molecule has 0 saturated carbocycles. The van der Waals surface area contributed by atoms with Crippen LogP contribution in [0.25, 0.3) is 0 Å². The zero-order chi connectivity index (χ0) is 16.0. The summed E-state index contributed by atoms with van der Waals surface area (Å²) in [4.78, 5) is 0.